The number of halogens is 4. The lowest BCUT2D eigenvalue weighted by Crippen LogP contribution is -2.29. The van der Waals surface area contributed by atoms with Crippen molar-refractivity contribution in [2.75, 3.05) is 0 Å². The molecule has 0 radical (unpaired) electrons. The van der Waals surface area contributed by atoms with Crippen LogP contribution in [0.5, 0.6) is 0 Å². The van der Waals surface area contributed by atoms with Gasteiger partial charge in [0.15, 0.2) is 0 Å². The highest BCUT2D eigenvalue weighted by molar-refractivity contribution is 14.1. The molecule has 0 N–H and O–H groups in total. The highest BCUT2D eigenvalue weighted by Crippen LogP contribution is 2.35. The number of hydrogen-bond acceptors (Lipinski definition) is 0. The van der Waals surface area contributed by atoms with E-state index in [2.05, 4.69) is 0 Å². The molecule has 0 aromatic carbocycles. The van der Waals surface area contributed by atoms with Gasteiger partial charge in [-0.2, -0.15) is 13.2 Å². The second-order valence-electron chi connectivity index (χ2n) is 2.48. The Bertz CT molecular complexity index is 111. The van der Waals surface area contributed by atoms with E-state index in [1.807, 2.05) is 22.6 Å². The molecule has 0 aromatic heterocycles. The van der Waals surface area contributed by atoms with Gasteiger partial charge in [0.25, 0.3) is 0 Å². The Labute approximate surface area is 78.7 Å². The molecule has 4 heteroatoms. The molecule has 0 bridgehead atoms. The van der Waals surface area contributed by atoms with E-state index in [9.17, 15) is 13.2 Å². The predicted molar refractivity (Wildman–Crippen MR) is 47.9 cm³/mol. The summed E-state index contributed by atoms with van der Waals surface area (Å²) >= 11 is 1.87. The highest BCUT2D eigenvalue weighted by atomic mass is 127. The van der Waals surface area contributed by atoms with Crippen LogP contribution in [0.25, 0.3) is 0 Å². The van der Waals surface area contributed by atoms with Gasteiger partial charge in [-0.15, -0.1) is 0 Å². The van der Waals surface area contributed by atoms with Crippen molar-refractivity contribution in [1.82, 2.24) is 0 Å². The second kappa shape index (κ2) is 4.52. The average molecular weight is 280 g/mol. The second-order valence-corrected chi connectivity index (χ2v) is 4.08. The van der Waals surface area contributed by atoms with Crippen molar-refractivity contribution < 1.29 is 13.2 Å². The number of alkyl halides is 4. The lowest BCUT2D eigenvalue weighted by atomic mass is 10.0. The molecular formula is C7H12F3I. The lowest BCUT2D eigenvalue weighted by molar-refractivity contribution is -0.174. The topological polar surface area (TPSA) is 0 Å². The summed E-state index contributed by atoms with van der Waals surface area (Å²) in [6.45, 7) is 3.37. The summed E-state index contributed by atoms with van der Waals surface area (Å²) in [6.07, 6.45) is -3.25. The van der Waals surface area contributed by atoms with Gasteiger partial charge in [-0.1, -0.05) is 36.4 Å². The third-order valence-electron chi connectivity index (χ3n) is 1.69. The van der Waals surface area contributed by atoms with Crippen LogP contribution in [0, 0.1) is 5.92 Å². The standard InChI is InChI=1S/C7H12F3I/c1-3-5(6(11)4-2)7(8,9)10/h5-6H,3-4H2,1-2H3. The van der Waals surface area contributed by atoms with Crippen LogP contribution >= 0.6 is 22.6 Å². The zero-order valence-electron chi connectivity index (χ0n) is 6.58. The maximum atomic E-state index is 12.2. The van der Waals surface area contributed by atoms with Crippen LogP contribution in [-0.4, -0.2) is 10.1 Å². The summed E-state index contributed by atoms with van der Waals surface area (Å²) in [4.78, 5) is 0. The van der Waals surface area contributed by atoms with E-state index >= 15 is 0 Å². The third kappa shape index (κ3) is 3.62. The first-order chi connectivity index (χ1) is 4.93. The molecule has 0 heterocycles. The Morgan fingerprint density at radius 1 is 1.18 bits per heavy atom. The molecule has 2 atom stereocenters. The van der Waals surface area contributed by atoms with Crippen molar-refractivity contribution in [2.24, 2.45) is 5.92 Å². The van der Waals surface area contributed by atoms with Crippen molar-refractivity contribution in [1.29, 1.82) is 0 Å². The fraction of sp³-hybridized carbons (Fsp3) is 1.00. The summed E-state index contributed by atoms with van der Waals surface area (Å²) in [5, 5.41) is 0. The summed E-state index contributed by atoms with van der Waals surface area (Å²) in [6, 6.07) is 0. The van der Waals surface area contributed by atoms with E-state index in [1.54, 1.807) is 13.8 Å². The SMILES string of the molecule is CCC(I)C(CC)C(F)(F)F. The van der Waals surface area contributed by atoms with Gasteiger partial charge in [-0.05, 0) is 12.8 Å². The van der Waals surface area contributed by atoms with Crippen LogP contribution in [-0.2, 0) is 0 Å². The van der Waals surface area contributed by atoms with Crippen molar-refractivity contribution >= 4 is 22.6 Å². The predicted octanol–water partition coefficient (Wildman–Crippen LogP) is 3.79. The highest BCUT2D eigenvalue weighted by Gasteiger charge is 2.41. The van der Waals surface area contributed by atoms with E-state index in [0.29, 0.717) is 6.42 Å². The van der Waals surface area contributed by atoms with E-state index < -0.39 is 12.1 Å². The van der Waals surface area contributed by atoms with E-state index in [0.717, 1.165) is 0 Å². The zero-order valence-corrected chi connectivity index (χ0v) is 8.74. The quantitative estimate of drug-likeness (QED) is 0.545. The molecule has 0 rings (SSSR count). The summed E-state index contributed by atoms with van der Waals surface area (Å²) in [7, 11) is 0. The van der Waals surface area contributed by atoms with Gasteiger partial charge < -0.3 is 0 Å². The van der Waals surface area contributed by atoms with Crippen molar-refractivity contribution in [2.45, 2.75) is 36.8 Å². The normalized spacial score (nSPS) is 18.0. The minimum atomic E-state index is -4.02. The van der Waals surface area contributed by atoms with Gasteiger partial charge in [0.1, 0.15) is 0 Å². The lowest BCUT2D eigenvalue weighted by Gasteiger charge is -2.22. The Balaban J connectivity index is 4.16. The van der Waals surface area contributed by atoms with E-state index in [1.165, 1.54) is 0 Å². The molecule has 68 valence electrons. The van der Waals surface area contributed by atoms with Crippen LogP contribution in [0.1, 0.15) is 26.7 Å². The Morgan fingerprint density at radius 2 is 1.64 bits per heavy atom. The fourth-order valence-corrected chi connectivity index (χ4v) is 1.89. The van der Waals surface area contributed by atoms with Gasteiger partial charge in [-0.3, -0.25) is 0 Å². The Hall–Kier alpha value is 0.520. The van der Waals surface area contributed by atoms with Crippen LogP contribution in [0.4, 0.5) is 13.2 Å². The average Bonchev–Trinajstić information content (AvgIpc) is 1.86. The van der Waals surface area contributed by atoms with E-state index in [4.69, 9.17) is 0 Å². The maximum Gasteiger partial charge on any atom is 0.392 e. The van der Waals surface area contributed by atoms with Gasteiger partial charge in [0.2, 0.25) is 0 Å². The minimum Gasteiger partial charge on any atom is -0.171 e. The molecule has 0 aliphatic heterocycles. The number of rotatable bonds is 3. The summed E-state index contributed by atoms with van der Waals surface area (Å²) < 4.78 is 36.2. The van der Waals surface area contributed by atoms with Crippen molar-refractivity contribution in [3.8, 4) is 0 Å². The first-order valence-corrected chi connectivity index (χ1v) is 4.88. The molecular weight excluding hydrogens is 268 g/mol. The molecule has 0 amide bonds. The van der Waals surface area contributed by atoms with Gasteiger partial charge >= 0.3 is 6.18 Å². The summed E-state index contributed by atoms with van der Waals surface area (Å²) in [5.74, 6) is -1.13. The molecule has 0 fully saturated rings. The molecule has 0 nitrogen and oxygen atoms in total. The first-order valence-electron chi connectivity index (χ1n) is 3.64. The van der Waals surface area contributed by atoms with Gasteiger partial charge in [-0.25, -0.2) is 0 Å². The van der Waals surface area contributed by atoms with Crippen LogP contribution < -0.4 is 0 Å². The summed E-state index contributed by atoms with van der Waals surface area (Å²) in [5.41, 5.74) is 0. The Kier molecular flexibility index (Phi) is 4.74. The minimum absolute atomic E-state index is 0.185. The van der Waals surface area contributed by atoms with Crippen LogP contribution in [0.3, 0.4) is 0 Å². The maximum absolute atomic E-state index is 12.2. The van der Waals surface area contributed by atoms with Crippen molar-refractivity contribution in [3.05, 3.63) is 0 Å². The largest absolute Gasteiger partial charge is 0.392 e. The molecule has 2 unspecified atom stereocenters. The molecule has 0 aromatic rings. The molecule has 11 heavy (non-hydrogen) atoms. The fourth-order valence-electron chi connectivity index (χ4n) is 0.977. The smallest absolute Gasteiger partial charge is 0.171 e. The third-order valence-corrected chi connectivity index (χ3v) is 3.44. The zero-order chi connectivity index (χ0) is 9.07. The molecule has 0 saturated heterocycles. The van der Waals surface area contributed by atoms with Crippen molar-refractivity contribution in [3.63, 3.8) is 0 Å². The first kappa shape index (κ1) is 11.5. The Morgan fingerprint density at radius 3 is 1.73 bits per heavy atom. The number of hydrogen-bond donors (Lipinski definition) is 0. The van der Waals surface area contributed by atoms with Crippen LogP contribution in [0.2, 0.25) is 0 Å². The molecule has 0 aliphatic carbocycles. The molecule has 0 saturated carbocycles. The van der Waals surface area contributed by atoms with E-state index in [-0.39, 0.29) is 10.3 Å². The van der Waals surface area contributed by atoms with Crippen LogP contribution in [0.15, 0.2) is 0 Å². The molecule has 0 spiro atoms. The monoisotopic (exact) mass is 280 g/mol. The molecule has 0 aliphatic rings. The van der Waals surface area contributed by atoms with Gasteiger partial charge in [0, 0.05) is 3.92 Å². The van der Waals surface area contributed by atoms with Gasteiger partial charge in [0.05, 0.1) is 5.92 Å².